The van der Waals surface area contributed by atoms with Crippen LogP contribution in [0.4, 0.5) is 23.1 Å². The van der Waals surface area contributed by atoms with Crippen molar-refractivity contribution in [3.05, 3.63) is 36.5 Å². The molecule has 26 heavy (non-hydrogen) atoms. The van der Waals surface area contributed by atoms with Gasteiger partial charge in [-0.05, 0) is 31.0 Å². The van der Waals surface area contributed by atoms with E-state index in [1.165, 1.54) is 31.4 Å². The van der Waals surface area contributed by atoms with Crippen molar-refractivity contribution in [3.63, 3.8) is 0 Å². The van der Waals surface area contributed by atoms with Crippen molar-refractivity contribution < 1.29 is 4.74 Å². The van der Waals surface area contributed by atoms with Gasteiger partial charge in [-0.15, -0.1) is 0 Å². The summed E-state index contributed by atoms with van der Waals surface area (Å²) in [6, 6.07) is 10.3. The van der Waals surface area contributed by atoms with Crippen LogP contribution in [0, 0.1) is 0 Å². The molecule has 0 aliphatic carbocycles. The zero-order chi connectivity index (χ0) is 17.6. The van der Waals surface area contributed by atoms with Crippen LogP contribution in [0.2, 0.25) is 0 Å². The normalized spacial score (nSPS) is 18.5. The molecule has 0 amide bonds. The Bertz CT molecular complexity index is 709. The molecule has 0 unspecified atom stereocenters. The molecule has 4 rings (SSSR count). The first-order valence-corrected chi connectivity index (χ1v) is 9.67. The molecular formula is C20H27N5O. The van der Waals surface area contributed by atoms with E-state index >= 15 is 0 Å². The molecule has 0 bridgehead atoms. The summed E-state index contributed by atoms with van der Waals surface area (Å²) in [4.78, 5) is 14.0. The predicted octanol–water partition coefficient (Wildman–Crippen LogP) is 3.44. The number of nitrogens with zero attached hydrogens (tertiary/aromatic N) is 4. The Morgan fingerprint density at radius 1 is 0.846 bits per heavy atom. The Hall–Kier alpha value is -2.34. The highest BCUT2D eigenvalue weighted by Gasteiger charge is 2.16. The topological polar surface area (TPSA) is 53.5 Å². The smallest absolute Gasteiger partial charge is 0.227 e. The van der Waals surface area contributed by atoms with E-state index in [0.29, 0.717) is 0 Å². The highest BCUT2D eigenvalue weighted by molar-refractivity contribution is 5.74. The second-order valence-corrected chi connectivity index (χ2v) is 6.88. The van der Waals surface area contributed by atoms with Gasteiger partial charge in [0, 0.05) is 32.4 Å². The van der Waals surface area contributed by atoms with Gasteiger partial charge in [0.2, 0.25) is 5.95 Å². The predicted molar refractivity (Wildman–Crippen MR) is 105 cm³/mol. The highest BCUT2D eigenvalue weighted by Crippen LogP contribution is 2.29. The van der Waals surface area contributed by atoms with Crippen molar-refractivity contribution in [2.75, 3.05) is 54.5 Å². The van der Waals surface area contributed by atoms with E-state index in [0.717, 1.165) is 56.8 Å². The number of hydrogen-bond donors (Lipinski definition) is 1. The van der Waals surface area contributed by atoms with E-state index in [2.05, 4.69) is 44.4 Å². The number of rotatable bonds is 4. The summed E-state index contributed by atoms with van der Waals surface area (Å²) < 4.78 is 5.48. The van der Waals surface area contributed by atoms with Gasteiger partial charge in [0.15, 0.2) is 0 Å². The molecule has 6 nitrogen and oxygen atoms in total. The summed E-state index contributed by atoms with van der Waals surface area (Å²) in [5, 5.41) is 3.50. The van der Waals surface area contributed by atoms with Gasteiger partial charge >= 0.3 is 0 Å². The van der Waals surface area contributed by atoms with Crippen LogP contribution in [0.3, 0.4) is 0 Å². The number of anilines is 4. The van der Waals surface area contributed by atoms with Crippen LogP contribution in [0.15, 0.2) is 36.5 Å². The van der Waals surface area contributed by atoms with Crippen LogP contribution in [-0.2, 0) is 4.74 Å². The molecule has 0 atom stereocenters. The number of para-hydroxylation sites is 2. The van der Waals surface area contributed by atoms with Gasteiger partial charge in [0.1, 0.15) is 5.82 Å². The van der Waals surface area contributed by atoms with E-state index in [4.69, 9.17) is 9.72 Å². The number of nitrogens with one attached hydrogen (secondary N) is 1. The Morgan fingerprint density at radius 2 is 1.62 bits per heavy atom. The van der Waals surface area contributed by atoms with Crippen LogP contribution in [-0.4, -0.2) is 49.4 Å². The fourth-order valence-corrected chi connectivity index (χ4v) is 3.64. The molecule has 0 spiro atoms. The minimum Gasteiger partial charge on any atom is -0.378 e. The van der Waals surface area contributed by atoms with Crippen LogP contribution < -0.4 is 15.1 Å². The van der Waals surface area contributed by atoms with E-state index in [-0.39, 0.29) is 0 Å². The molecule has 2 aliphatic heterocycles. The Labute approximate surface area is 155 Å². The maximum atomic E-state index is 5.48. The van der Waals surface area contributed by atoms with Gasteiger partial charge in [-0.3, -0.25) is 0 Å². The third-order valence-electron chi connectivity index (χ3n) is 5.05. The van der Waals surface area contributed by atoms with Gasteiger partial charge in [0.25, 0.3) is 0 Å². The van der Waals surface area contributed by atoms with Gasteiger partial charge < -0.3 is 19.9 Å². The maximum absolute atomic E-state index is 5.48. The number of hydrogen-bond acceptors (Lipinski definition) is 6. The molecule has 6 heteroatoms. The zero-order valence-electron chi connectivity index (χ0n) is 15.2. The Balaban J connectivity index is 1.53. The van der Waals surface area contributed by atoms with Crippen molar-refractivity contribution in [2.24, 2.45) is 0 Å². The molecule has 2 fully saturated rings. The first-order chi connectivity index (χ1) is 12.9. The number of ether oxygens (including phenoxy) is 1. The number of morpholine rings is 1. The van der Waals surface area contributed by atoms with E-state index in [9.17, 15) is 0 Å². The van der Waals surface area contributed by atoms with Gasteiger partial charge in [-0.2, -0.15) is 4.98 Å². The average molecular weight is 353 g/mol. The van der Waals surface area contributed by atoms with Gasteiger partial charge in [-0.1, -0.05) is 25.0 Å². The molecule has 3 heterocycles. The average Bonchev–Trinajstić information content (AvgIpc) is 2.99. The molecule has 2 aliphatic rings. The molecular weight excluding hydrogens is 326 g/mol. The second kappa shape index (κ2) is 8.36. The summed E-state index contributed by atoms with van der Waals surface area (Å²) in [7, 11) is 0. The van der Waals surface area contributed by atoms with Gasteiger partial charge in [0.05, 0.1) is 24.6 Å². The summed E-state index contributed by atoms with van der Waals surface area (Å²) in [5.41, 5.74) is 2.28. The maximum Gasteiger partial charge on any atom is 0.227 e. The lowest BCUT2D eigenvalue weighted by atomic mass is 10.2. The fraction of sp³-hybridized carbons (Fsp3) is 0.500. The monoisotopic (exact) mass is 353 g/mol. The Morgan fingerprint density at radius 3 is 2.42 bits per heavy atom. The van der Waals surface area contributed by atoms with Gasteiger partial charge in [-0.25, -0.2) is 4.98 Å². The first kappa shape index (κ1) is 17.1. The highest BCUT2D eigenvalue weighted by atomic mass is 16.5. The SMILES string of the molecule is c1ccc(N2CCOCC2)c(Nc2ccnc(N3CCCCCC3)n2)c1. The van der Waals surface area contributed by atoms with Crippen LogP contribution in [0.5, 0.6) is 0 Å². The van der Waals surface area contributed by atoms with Crippen molar-refractivity contribution in [3.8, 4) is 0 Å². The minimum absolute atomic E-state index is 0.779. The lowest BCUT2D eigenvalue weighted by Gasteiger charge is -2.30. The fourth-order valence-electron chi connectivity index (χ4n) is 3.64. The van der Waals surface area contributed by atoms with Crippen molar-refractivity contribution in [1.29, 1.82) is 0 Å². The molecule has 0 radical (unpaired) electrons. The number of aromatic nitrogens is 2. The first-order valence-electron chi connectivity index (χ1n) is 9.67. The largest absolute Gasteiger partial charge is 0.378 e. The zero-order valence-corrected chi connectivity index (χ0v) is 15.2. The molecule has 1 aromatic heterocycles. The second-order valence-electron chi connectivity index (χ2n) is 6.88. The molecule has 0 saturated carbocycles. The molecule has 1 aromatic carbocycles. The third kappa shape index (κ3) is 4.07. The standard InChI is InChI=1S/C20H27N5O/c1-2-6-12-25(11-5-1)20-21-10-9-19(23-20)22-17-7-3-4-8-18(17)24-13-15-26-16-14-24/h3-4,7-10H,1-2,5-6,11-16H2,(H,21,22,23). The quantitative estimate of drug-likeness (QED) is 0.909. The summed E-state index contributed by atoms with van der Waals surface area (Å²) in [6.07, 6.45) is 6.91. The molecule has 138 valence electrons. The summed E-state index contributed by atoms with van der Waals surface area (Å²) in [5.74, 6) is 1.68. The molecule has 1 N–H and O–H groups in total. The third-order valence-corrected chi connectivity index (χ3v) is 5.05. The van der Waals surface area contributed by atoms with Crippen LogP contribution in [0.1, 0.15) is 25.7 Å². The number of benzene rings is 1. The lowest BCUT2D eigenvalue weighted by Crippen LogP contribution is -2.36. The van der Waals surface area contributed by atoms with E-state index < -0.39 is 0 Å². The minimum atomic E-state index is 0.779. The molecule has 2 aromatic rings. The van der Waals surface area contributed by atoms with Crippen LogP contribution in [0.25, 0.3) is 0 Å². The molecule has 2 saturated heterocycles. The Kier molecular flexibility index (Phi) is 5.50. The van der Waals surface area contributed by atoms with Crippen LogP contribution >= 0.6 is 0 Å². The van der Waals surface area contributed by atoms with Crippen molar-refractivity contribution >= 4 is 23.1 Å². The summed E-state index contributed by atoms with van der Waals surface area (Å²) >= 11 is 0. The van der Waals surface area contributed by atoms with Crippen molar-refractivity contribution in [1.82, 2.24) is 9.97 Å². The summed E-state index contributed by atoms with van der Waals surface area (Å²) in [6.45, 7) is 5.49. The van der Waals surface area contributed by atoms with E-state index in [1.54, 1.807) is 0 Å². The van der Waals surface area contributed by atoms with Crippen molar-refractivity contribution in [2.45, 2.75) is 25.7 Å². The lowest BCUT2D eigenvalue weighted by molar-refractivity contribution is 0.123. The van der Waals surface area contributed by atoms with E-state index in [1.807, 2.05) is 12.3 Å².